The van der Waals surface area contributed by atoms with E-state index in [1.54, 1.807) is 24.3 Å². The SMILES string of the molecule is COc1ccc(C(CC(=O)NS(=O)(=O)c2ccc(CNC(N)=O)cc2)NC(C)=O)cc1. The molecule has 11 heteroatoms. The Labute approximate surface area is 180 Å². The lowest BCUT2D eigenvalue weighted by atomic mass is 10.0. The predicted octanol–water partition coefficient (Wildman–Crippen LogP) is 0.936. The smallest absolute Gasteiger partial charge is 0.312 e. The number of amides is 4. The molecule has 0 aromatic heterocycles. The van der Waals surface area contributed by atoms with E-state index in [0.29, 0.717) is 16.9 Å². The molecule has 0 aliphatic heterocycles. The van der Waals surface area contributed by atoms with Crippen molar-refractivity contribution >= 4 is 27.9 Å². The number of nitrogens with one attached hydrogen (secondary N) is 3. The van der Waals surface area contributed by atoms with E-state index in [1.807, 2.05) is 4.72 Å². The summed E-state index contributed by atoms with van der Waals surface area (Å²) in [5.74, 6) is -0.544. The van der Waals surface area contributed by atoms with Crippen LogP contribution in [0.5, 0.6) is 5.75 Å². The highest BCUT2D eigenvalue weighted by molar-refractivity contribution is 7.90. The monoisotopic (exact) mass is 448 g/mol. The Morgan fingerprint density at radius 1 is 1.03 bits per heavy atom. The van der Waals surface area contributed by atoms with Gasteiger partial charge in [0.2, 0.25) is 11.8 Å². The second kappa shape index (κ2) is 10.4. The van der Waals surface area contributed by atoms with Crippen LogP contribution in [-0.4, -0.2) is 33.4 Å². The molecule has 2 aromatic carbocycles. The highest BCUT2D eigenvalue weighted by Crippen LogP contribution is 2.21. The predicted molar refractivity (Wildman–Crippen MR) is 112 cm³/mol. The number of carbonyl (C=O) groups excluding carboxylic acids is 3. The van der Waals surface area contributed by atoms with Crippen molar-refractivity contribution in [2.75, 3.05) is 7.11 Å². The Hall–Kier alpha value is -3.60. The average Bonchev–Trinajstić information content (AvgIpc) is 2.71. The van der Waals surface area contributed by atoms with E-state index in [1.165, 1.54) is 38.3 Å². The molecule has 0 saturated heterocycles. The normalized spacial score (nSPS) is 11.8. The number of hydrogen-bond acceptors (Lipinski definition) is 6. The van der Waals surface area contributed by atoms with Gasteiger partial charge in [0.25, 0.3) is 10.0 Å². The van der Waals surface area contributed by atoms with Gasteiger partial charge >= 0.3 is 6.03 Å². The van der Waals surface area contributed by atoms with Gasteiger partial charge in [0.15, 0.2) is 0 Å². The standard InChI is InChI=1S/C20H24N4O6S/c1-13(25)23-18(15-5-7-16(30-2)8-6-15)11-19(26)24-31(28,29)17-9-3-14(4-10-17)12-22-20(21)27/h3-10,18H,11-12H2,1-2H3,(H,23,25)(H,24,26)(H3,21,22,27). The van der Waals surface area contributed by atoms with Gasteiger partial charge in [-0.3, -0.25) is 9.59 Å². The Balaban J connectivity index is 2.09. The van der Waals surface area contributed by atoms with Gasteiger partial charge < -0.3 is 21.1 Å². The molecule has 31 heavy (non-hydrogen) atoms. The molecule has 4 amide bonds. The number of benzene rings is 2. The first-order chi connectivity index (χ1) is 14.6. The molecule has 0 fully saturated rings. The summed E-state index contributed by atoms with van der Waals surface area (Å²) in [6.07, 6.45) is -0.286. The van der Waals surface area contributed by atoms with Crippen LogP contribution in [0.15, 0.2) is 53.4 Å². The van der Waals surface area contributed by atoms with Gasteiger partial charge in [-0.2, -0.15) is 0 Å². The molecule has 5 N–H and O–H groups in total. The summed E-state index contributed by atoms with van der Waals surface area (Å²) in [7, 11) is -2.61. The molecule has 10 nitrogen and oxygen atoms in total. The zero-order chi connectivity index (χ0) is 23.0. The van der Waals surface area contributed by atoms with Crippen LogP contribution >= 0.6 is 0 Å². The quantitative estimate of drug-likeness (QED) is 0.447. The maximum atomic E-state index is 12.5. The third-order valence-corrected chi connectivity index (χ3v) is 5.62. The van der Waals surface area contributed by atoms with Gasteiger partial charge in [-0.05, 0) is 35.4 Å². The van der Waals surface area contributed by atoms with Crippen molar-refractivity contribution < 1.29 is 27.5 Å². The van der Waals surface area contributed by atoms with E-state index in [2.05, 4.69) is 10.6 Å². The van der Waals surface area contributed by atoms with Gasteiger partial charge in [-0.25, -0.2) is 17.9 Å². The van der Waals surface area contributed by atoms with Crippen LogP contribution in [-0.2, 0) is 26.2 Å². The first-order valence-corrected chi connectivity index (χ1v) is 10.7. The van der Waals surface area contributed by atoms with E-state index in [4.69, 9.17) is 10.5 Å². The van der Waals surface area contributed by atoms with Gasteiger partial charge in [-0.1, -0.05) is 24.3 Å². The number of nitrogens with two attached hydrogens (primary N) is 1. The lowest BCUT2D eigenvalue weighted by Gasteiger charge is -2.18. The molecule has 0 aliphatic carbocycles. The van der Waals surface area contributed by atoms with E-state index < -0.39 is 28.0 Å². The average molecular weight is 449 g/mol. The van der Waals surface area contributed by atoms with E-state index >= 15 is 0 Å². The number of ether oxygens (including phenoxy) is 1. The fourth-order valence-electron chi connectivity index (χ4n) is 2.75. The minimum Gasteiger partial charge on any atom is -0.497 e. The van der Waals surface area contributed by atoms with Gasteiger partial charge in [0.05, 0.1) is 24.5 Å². The van der Waals surface area contributed by atoms with Crippen molar-refractivity contribution in [3.8, 4) is 5.75 Å². The summed E-state index contributed by atoms with van der Waals surface area (Å²) in [5.41, 5.74) is 6.25. The molecule has 2 aromatic rings. The first-order valence-electron chi connectivity index (χ1n) is 9.19. The molecule has 0 bridgehead atoms. The zero-order valence-corrected chi connectivity index (χ0v) is 17.9. The van der Waals surface area contributed by atoms with Crippen molar-refractivity contribution in [3.63, 3.8) is 0 Å². The van der Waals surface area contributed by atoms with Gasteiger partial charge in [0.1, 0.15) is 5.75 Å². The maximum Gasteiger partial charge on any atom is 0.312 e. The van der Waals surface area contributed by atoms with Crippen molar-refractivity contribution in [1.82, 2.24) is 15.4 Å². The number of urea groups is 1. The highest BCUT2D eigenvalue weighted by atomic mass is 32.2. The summed E-state index contributed by atoms with van der Waals surface area (Å²) in [6, 6.07) is 10.9. The Bertz CT molecular complexity index is 1040. The number of carbonyl (C=O) groups is 3. The minimum absolute atomic E-state index is 0.121. The number of hydrogen-bond donors (Lipinski definition) is 4. The van der Waals surface area contributed by atoms with Crippen LogP contribution in [0, 0.1) is 0 Å². The van der Waals surface area contributed by atoms with Crippen LogP contribution in [0.4, 0.5) is 4.79 Å². The second-order valence-corrected chi connectivity index (χ2v) is 8.30. The number of sulfonamides is 1. The minimum atomic E-state index is -4.12. The Morgan fingerprint density at radius 3 is 2.16 bits per heavy atom. The van der Waals surface area contributed by atoms with Crippen LogP contribution in [0.3, 0.4) is 0 Å². The van der Waals surface area contributed by atoms with Crippen LogP contribution in [0.2, 0.25) is 0 Å². The maximum absolute atomic E-state index is 12.5. The van der Waals surface area contributed by atoms with Crippen molar-refractivity contribution in [2.24, 2.45) is 5.73 Å². The summed E-state index contributed by atoms with van der Waals surface area (Å²) < 4.78 is 32.1. The Kier molecular flexibility index (Phi) is 7.97. The molecular formula is C20H24N4O6S. The molecule has 2 rings (SSSR count). The van der Waals surface area contributed by atoms with Crippen LogP contribution < -0.4 is 25.8 Å². The first kappa shape index (κ1) is 23.7. The molecule has 0 aliphatic rings. The number of methoxy groups -OCH3 is 1. The molecule has 1 unspecified atom stereocenters. The molecule has 0 spiro atoms. The fraction of sp³-hybridized carbons (Fsp3) is 0.250. The topological polar surface area (TPSA) is 157 Å². The summed E-state index contributed by atoms with van der Waals surface area (Å²) >= 11 is 0. The lowest BCUT2D eigenvalue weighted by molar-refractivity contribution is -0.121. The molecule has 0 heterocycles. The van der Waals surface area contributed by atoms with Crippen LogP contribution in [0.25, 0.3) is 0 Å². The number of rotatable bonds is 9. The molecular weight excluding hydrogens is 424 g/mol. The molecule has 0 saturated carbocycles. The molecule has 166 valence electrons. The van der Waals surface area contributed by atoms with Crippen molar-refractivity contribution in [3.05, 3.63) is 59.7 Å². The molecule has 1 atom stereocenters. The highest BCUT2D eigenvalue weighted by Gasteiger charge is 2.22. The third kappa shape index (κ3) is 7.30. The zero-order valence-electron chi connectivity index (χ0n) is 17.0. The van der Waals surface area contributed by atoms with Crippen molar-refractivity contribution in [1.29, 1.82) is 0 Å². The van der Waals surface area contributed by atoms with Gasteiger partial charge in [-0.15, -0.1) is 0 Å². The third-order valence-electron chi connectivity index (χ3n) is 4.23. The van der Waals surface area contributed by atoms with E-state index in [0.717, 1.165) is 0 Å². The van der Waals surface area contributed by atoms with E-state index in [9.17, 15) is 22.8 Å². The Morgan fingerprint density at radius 2 is 1.65 bits per heavy atom. The van der Waals surface area contributed by atoms with Crippen molar-refractivity contribution in [2.45, 2.75) is 30.8 Å². The lowest BCUT2D eigenvalue weighted by Crippen LogP contribution is -2.35. The molecule has 0 radical (unpaired) electrons. The van der Waals surface area contributed by atoms with Crippen LogP contribution in [0.1, 0.15) is 30.5 Å². The second-order valence-electron chi connectivity index (χ2n) is 6.62. The summed E-state index contributed by atoms with van der Waals surface area (Å²) in [4.78, 5) is 34.6. The summed E-state index contributed by atoms with van der Waals surface area (Å²) in [5, 5.41) is 5.03. The van der Waals surface area contributed by atoms with Gasteiger partial charge in [0, 0.05) is 13.5 Å². The number of primary amides is 1. The van der Waals surface area contributed by atoms with E-state index in [-0.39, 0.29) is 23.8 Å². The largest absolute Gasteiger partial charge is 0.497 e. The summed E-state index contributed by atoms with van der Waals surface area (Å²) in [6.45, 7) is 1.45. The fourth-order valence-corrected chi connectivity index (χ4v) is 3.74.